The van der Waals surface area contributed by atoms with Crippen LogP contribution in [0.25, 0.3) is 0 Å². The molecule has 2 nitrogen and oxygen atoms in total. The van der Waals surface area contributed by atoms with Gasteiger partial charge in [0, 0.05) is 0 Å². The quantitative estimate of drug-likeness (QED) is 0.697. The number of hydrogen-bond acceptors (Lipinski definition) is 3. The van der Waals surface area contributed by atoms with Crippen molar-refractivity contribution in [1.29, 1.82) is 0 Å². The Bertz CT molecular complexity index is 397. The van der Waals surface area contributed by atoms with E-state index in [4.69, 9.17) is 9.31 Å². The standard InChI is InChI=1S/C16H27BO2S/c1-6-20-12-14(13-10-8-7-9-11-13)17-18-15(2,3)16(4,5)19-17/h10,12H,6-9,11H2,1-5H3/b14-12+. The highest BCUT2D eigenvalue weighted by Gasteiger charge is 2.52. The van der Waals surface area contributed by atoms with Crippen molar-refractivity contribution in [2.45, 2.75) is 71.5 Å². The van der Waals surface area contributed by atoms with E-state index in [1.165, 1.54) is 30.3 Å². The molecule has 2 rings (SSSR count). The molecule has 1 heterocycles. The van der Waals surface area contributed by atoms with Gasteiger partial charge < -0.3 is 9.31 Å². The zero-order valence-electron chi connectivity index (χ0n) is 13.5. The molecule has 0 N–H and O–H groups in total. The van der Waals surface area contributed by atoms with Gasteiger partial charge in [-0.25, -0.2) is 0 Å². The summed E-state index contributed by atoms with van der Waals surface area (Å²) in [6.45, 7) is 10.7. The Morgan fingerprint density at radius 3 is 2.40 bits per heavy atom. The highest BCUT2D eigenvalue weighted by atomic mass is 32.2. The molecule has 4 heteroatoms. The Hall–Kier alpha value is -0.185. The highest BCUT2D eigenvalue weighted by Crippen LogP contribution is 2.41. The average Bonchev–Trinajstić information content (AvgIpc) is 2.60. The van der Waals surface area contributed by atoms with Crippen molar-refractivity contribution >= 4 is 18.9 Å². The predicted molar refractivity (Wildman–Crippen MR) is 88.8 cm³/mol. The topological polar surface area (TPSA) is 18.5 Å². The van der Waals surface area contributed by atoms with Crippen LogP contribution in [0.3, 0.4) is 0 Å². The molecule has 0 aromatic carbocycles. The molecule has 1 aliphatic carbocycles. The summed E-state index contributed by atoms with van der Waals surface area (Å²) in [4.78, 5) is 0. The van der Waals surface area contributed by atoms with Crippen molar-refractivity contribution in [2.75, 3.05) is 5.75 Å². The van der Waals surface area contributed by atoms with Crippen molar-refractivity contribution in [3.8, 4) is 0 Å². The first-order valence-corrected chi connectivity index (χ1v) is 8.79. The first kappa shape index (κ1) is 16.2. The van der Waals surface area contributed by atoms with E-state index >= 15 is 0 Å². The molecule has 0 bridgehead atoms. The number of hydrogen-bond donors (Lipinski definition) is 0. The van der Waals surface area contributed by atoms with Gasteiger partial charge in [0.1, 0.15) is 0 Å². The molecule has 0 aromatic heterocycles. The average molecular weight is 294 g/mol. The molecule has 0 saturated carbocycles. The number of rotatable bonds is 4. The summed E-state index contributed by atoms with van der Waals surface area (Å²) in [6.07, 6.45) is 7.29. The third-order valence-electron chi connectivity index (χ3n) is 4.55. The first-order chi connectivity index (χ1) is 9.37. The van der Waals surface area contributed by atoms with Crippen molar-refractivity contribution in [3.05, 3.63) is 22.5 Å². The SMILES string of the molecule is CCS/C=C(/B1OC(C)(C)C(C)(C)O1)C1=CCCCC1. The zero-order valence-corrected chi connectivity index (χ0v) is 14.3. The summed E-state index contributed by atoms with van der Waals surface area (Å²) in [5, 5.41) is 2.25. The molecule has 0 unspecified atom stereocenters. The van der Waals surface area contributed by atoms with Crippen LogP contribution in [0.15, 0.2) is 22.5 Å². The lowest BCUT2D eigenvalue weighted by Gasteiger charge is -2.32. The van der Waals surface area contributed by atoms with Crippen molar-refractivity contribution in [3.63, 3.8) is 0 Å². The van der Waals surface area contributed by atoms with Gasteiger partial charge in [-0.3, -0.25) is 0 Å². The molecular weight excluding hydrogens is 267 g/mol. The second-order valence-corrected chi connectivity index (χ2v) is 7.74. The Labute approximate surface area is 128 Å². The minimum Gasteiger partial charge on any atom is -0.399 e. The Morgan fingerprint density at radius 2 is 1.90 bits per heavy atom. The summed E-state index contributed by atoms with van der Waals surface area (Å²) in [7, 11) is -0.219. The van der Waals surface area contributed by atoms with Gasteiger partial charge >= 0.3 is 7.12 Å². The van der Waals surface area contributed by atoms with Gasteiger partial charge in [0.15, 0.2) is 0 Å². The Kier molecular flexibility index (Phi) is 5.09. The maximum absolute atomic E-state index is 6.23. The van der Waals surface area contributed by atoms with E-state index in [-0.39, 0.29) is 18.3 Å². The molecule has 2 aliphatic rings. The van der Waals surface area contributed by atoms with Crippen LogP contribution in [-0.4, -0.2) is 24.1 Å². The Morgan fingerprint density at radius 1 is 1.25 bits per heavy atom. The number of allylic oxidation sites excluding steroid dienone is 3. The van der Waals surface area contributed by atoms with Gasteiger partial charge in [-0.2, -0.15) is 0 Å². The monoisotopic (exact) mass is 294 g/mol. The lowest BCUT2D eigenvalue weighted by atomic mass is 9.72. The maximum atomic E-state index is 6.23. The third-order valence-corrected chi connectivity index (χ3v) is 5.30. The van der Waals surface area contributed by atoms with Crippen LogP contribution in [0.2, 0.25) is 0 Å². The van der Waals surface area contributed by atoms with E-state index in [0.29, 0.717) is 0 Å². The van der Waals surface area contributed by atoms with E-state index in [1.54, 1.807) is 0 Å². The second-order valence-electron chi connectivity index (χ2n) is 6.59. The zero-order chi connectivity index (χ0) is 14.8. The fourth-order valence-electron chi connectivity index (χ4n) is 2.53. The molecule has 1 fully saturated rings. The largest absolute Gasteiger partial charge is 0.495 e. The van der Waals surface area contributed by atoms with Crippen molar-refractivity contribution in [2.24, 2.45) is 0 Å². The van der Waals surface area contributed by atoms with Gasteiger partial charge in [0.05, 0.1) is 11.2 Å². The smallest absolute Gasteiger partial charge is 0.399 e. The molecule has 0 spiro atoms. The minimum atomic E-state index is -0.261. The van der Waals surface area contributed by atoms with Gasteiger partial charge in [0.25, 0.3) is 0 Å². The van der Waals surface area contributed by atoms with E-state index in [1.807, 2.05) is 11.8 Å². The minimum absolute atomic E-state index is 0.219. The fraction of sp³-hybridized carbons (Fsp3) is 0.750. The fourth-order valence-corrected chi connectivity index (χ4v) is 3.13. The van der Waals surface area contributed by atoms with Gasteiger partial charge in [-0.05, 0) is 70.0 Å². The lowest BCUT2D eigenvalue weighted by Crippen LogP contribution is -2.41. The highest BCUT2D eigenvalue weighted by molar-refractivity contribution is 8.02. The van der Waals surface area contributed by atoms with E-state index < -0.39 is 0 Å². The molecule has 0 amide bonds. The summed E-state index contributed by atoms with van der Waals surface area (Å²) in [5.41, 5.74) is 2.15. The molecule has 20 heavy (non-hydrogen) atoms. The lowest BCUT2D eigenvalue weighted by molar-refractivity contribution is 0.00578. The number of thioether (sulfide) groups is 1. The third kappa shape index (κ3) is 3.34. The maximum Gasteiger partial charge on any atom is 0.495 e. The van der Waals surface area contributed by atoms with Crippen LogP contribution in [0.5, 0.6) is 0 Å². The van der Waals surface area contributed by atoms with Crippen molar-refractivity contribution < 1.29 is 9.31 Å². The van der Waals surface area contributed by atoms with E-state index in [9.17, 15) is 0 Å². The van der Waals surface area contributed by atoms with Crippen molar-refractivity contribution in [1.82, 2.24) is 0 Å². The van der Waals surface area contributed by atoms with Gasteiger partial charge in [0.2, 0.25) is 0 Å². The summed E-state index contributed by atoms with van der Waals surface area (Å²) >= 11 is 1.83. The molecule has 0 atom stereocenters. The molecule has 1 aliphatic heterocycles. The summed E-state index contributed by atoms with van der Waals surface area (Å²) in [6, 6.07) is 0. The van der Waals surface area contributed by atoms with E-state index in [2.05, 4.69) is 46.1 Å². The van der Waals surface area contributed by atoms with Crippen LogP contribution in [0, 0.1) is 0 Å². The molecule has 0 radical (unpaired) electrons. The second kappa shape index (κ2) is 6.29. The summed E-state index contributed by atoms with van der Waals surface area (Å²) < 4.78 is 12.5. The molecular formula is C16H27BO2S. The molecule has 112 valence electrons. The van der Waals surface area contributed by atoms with Gasteiger partial charge in [-0.1, -0.05) is 18.6 Å². The Balaban J connectivity index is 2.23. The van der Waals surface area contributed by atoms with Crippen LogP contribution < -0.4 is 0 Å². The normalized spacial score (nSPS) is 25.8. The van der Waals surface area contributed by atoms with E-state index in [0.717, 1.165) is 12.2 Å². The summed E-state index contributed by atoms with van der Waals surface area (Å²) in [5.74, 6) is 1.08. The van der Waals surface area contributed by atoms with Gasteiger partial charge in [-0.15, -0.1) is 11.8 Å². The van der Waals surface area contributed by atoms with Crippen LogP contribution in [0.4, 0.5) is 0 Å². The molecule has 0 aromatic rings. The van der Waals surface area contributed by atoms with Crippen LogP contribution in [-0.2, 0) is 9.31 Å². The van der Waals surface area contributed by atoms with Crippen LogP contribution >= 0.6 is 11.8 Å². The van der Waals surface area contributed by atoms with Crippen LogP contribution in [0.1, 0.15) is 60.3 Å². The molecule has 1 saturated heterocycles. The first-order valence-electron chi connectivity index (χ1n) is 7.74. The predicted octanol–water partition coefficient (Wildman–Crippen LogP) is 4.76.